The number of carbonyl (C=O) groups is 1. The van der Waals surface area contributed by atoms with Gasteiger partial charge in [-0.1, -0.05) is 18.2 Å². The molecule has 1 aromatic rings. The first-order valence-electron chi connectivity index (χ1n) is 4.69. The van der Waals surface area contributed by atoms with Crippen molar-refractivity contribution in [2.45, 2.75) is 19.4 Å². The number of cyclic esters (lactones) is 1. The number of amides is 1. The summed E-state index contributed by atoms with van der Waals surface area (Å²) >= 11 is 0. The first-order chi connectivity index (χ1) is 7.02. The van der Waals surface area contributed by atoms with Crippen LogP contribution in [0.25, 0.3) is 0 Å². The van der Waals surface area contributed by atoms with E-state index in [-0.39, 0.29) is 5.84 Å². The highest BCUT2D eigenvalue weighted by Crippen LogP contribution is 2.28. The van der Waals surface area contributed by atoms with E-state index in [4.69, 9.17) is 10.1 Å². The fourth-order valence-corrected chi connectivity index (χ4v) is 1.48. The fourth-order valence-electron chi connectivity index (χ4n) is 1.48. The van der Waals surface area contributed by atoms with E-state index in [0.29, 0.717) is 5.69 Å². The third-order valence-electron chi connectivity index (χ3n) is 2.33. The molecule has 0 atom stereocenters. The molecule has 0 aromatic heterocycles. The van der Waals surface area contributed by atoms with Gasteiger partial charge in [-0.15, -0.1) is 0 Å². The molecule has 1 aliphatic heterocycles. The van der Waals surface area contributed by atoms with Crippen LogP contribution in [0.4, 0.5) is 10.5 Å². The molecule has 0 radical (unpaired) electrons. The monoisotopic (exact) mass is 204 g/mol. The van der Waals surface area contributed by atoms with Gasteiger partial charge in [0.05, 0.1) is 5.69 Å². The van der Waals surface area contributed by atoms with Gasteiger partial charge in [-0.2, -0.15) is 0 Å². The molecule has 0 saturated carbocycles. The molecule has 0 unspecified atom stereocenters. The third-order valence-corrected chi connectivity index (χ3v) is 2.33. The number of carbonyl (C=O) groups excluding carboxylic acids is 1. The van der Waals surface area contributed by atoms with E-state index >= 15 is 0 Å². The fraction of sp³-hybridized carbons (Fsp3) is 0.273. The molecule has 1 amide bonds. The van der Waals surface area contributed by atoms with Crippen molar-refractivity contribution in [1.82, 2.24) is 0 Å². The summed E-state index contributed by atoms with van der Waals surface area (Å²) in [5, 5.41) is 7.86. The standard InChI is InChI=1S/C11H12N2O2/c1-11(2)9(12)13(10(14)15-11)8-6-4-3-5-7-8/h3-7,12H,1-2H3. The van der Waals surface area contributed by atoms with E-state index in [1.165, 1.54) is 4.90 Å². The number of benzene rings is 1. The van der Waals surface area contributed by atoms with Crippen LogP contribution in [0.5, 0.6) is 0 Å². The van der Waals surface area contributed by atoms with Crippen molar-refractivity contribution < 1.29 is 9.53 Å². The van der Waals surface area contributed by atoms with Crippen LogP contribution in [0.1, 0.15) is 13.8 Å². The normalized spacial score (nSPS) is 19.2. The lowest BCUT2D eigenvalue weighted by Gasteiger charge is -2.16. The van der Waals surface area contributed by atoms with Gasteiger partial charge in [0.1, 0.15) is 0 Å². The van der Waals surface area contributed by atoms with Crippen LogP contribution in [0.3, 0.4) is 0 Å². The smallest absolute Gasteiger partial charge is 0.421 e. The number of rotatable bonds is 1. The van der Waals surface area contributed by atoms with Gasteiger partial charge < -0.3 is 4.74 Å². The summed E-state index contributed by atoms with van der Waals surface area (Å²) in [4.78, 5) is 12.8. The Morgan fingerprint density at radius 2 is 1.87 bits per heavy atom. The molecule has 2 rings (SSSR count). The van der Waals surface area contributed by atoms with Crippen molar-refractivity contribution in [1.29, 1.82) is 5.41 Å². The largest absolute Gasteiger partial charge is 0.435 e. The van der Waals surface area contributed by atoms with Gasteiger partial charge in [0.2, 0.25) is 0 Å². The number of hydrogen-bond donors (Lipinski definition) is 1. The van der Waals surface area contributed by atoms with E-state index < -0.39 is 11.7 Å². The third kappa shape index (κ3) is 1.48. The average Bonchev–Trinajstić information content (AvgIpc) is 2.38. The SMILES string of the molecule is CC1(C)OC(=O)N(c2ccccc2)C1=N. The zero-order valence-corrected chi connectivity index (χ0v) is 8.65. The van der Waals surface area contributed by atoms with Crippen LogP contribution in [-0.4, -0.2) is 17.5 Å². The lowest BCUT2D eigenvalue weighted by Crippen LogP contribution is -2.35. The summed E-state index contributed by atoms with van der Waals surface area (Å²) in [5.74, 6) is 0.165. The number of ether oxygens (including phenoxy) is 1. The van der Waals surface area contributed by atoms with Gasteiger partial charge in [-0.3, -0.25) is 5.41 Å². The number of nitrogens with zero attached hydrogens (tertiary/aromatic N) is 1. The molecule has 0 bridgehead atoms. The number of para-hydroxylation sites is 1. The number of nitrogens with one attached hydrogen (secondary N) is 1. The summed E-state index contributed by atoms with van der Waals surface area (Å²) in [7, 11) is 0. The first-order valence-corrected chi connectivity index (χ1v) is 4.69. The summed E-state index contributed by atoms with van der Waals surface area (Å²) in [6.45, 7) is 3.41. The molecule has 78 valence electrons. The molecule has 0 aliphatic carbocycles. The van der Waals surface area contributed by atoms with Crippen LogP contribution in [0.15, 0.2) is 30.3 Å². The number of amidine groups is 1. The number of anilines is 1. The Bertz CT molecular complexity index is 412. The average molecular weight is 204 g/mol. The quantitative estimate of drug-likeness (QED) is 0.763. The molecular formula is C11H12N2O2. The van der Waals surface area contributed by atoms with Crippen molar-refractivity contribution in [2.24, 2.45) is 0 Å². The molecule has 1 aromatic carbocycles. The Hall–Kier alpha value is -1.84. The van der Waals surface area contributed by atoms with Gasteiger partial charge in [0.25, 0.3) is 0 Å². The predicted octanol–water partition coefficient (Wildman–Crippen LogP) is 2.40. The van der Waals surface area contributed by atoms with Crippen LogP contribution >= 0.6 is 0 Å². The minimum absolute atomic E-state index is 0.165. The van der Waals surface area contributed by atoms with E-state index in [1.54, 1.807) is 26.0 Å². The Morgan fingerprint density at radius 1 is 1.27 bits per heavy atom. The summed E-state index contributed by atoms with van der Waals surface area (Å²) in [5.41, 5.74) is -0.175. The van der Waals surface area contributed by atoms with Crippen molar-refractivity contribution in [3.05, 3.63) is 30.3 Å². The summed E-state index contributed by atoms with van der Waals surface area (Å²) in [6, 6.07) is 9.05. The second-order valence-electron chi connectivity index (χ2n) is 3.90. The Morgan fingerprint density at radius 3 is 2.33 bits per heavy atom. The number of hydrogen-bond acceptors (Lipinski definition) is 3. The Labute approximate surface area is 88.0 Å². The van der Waals surface area contributed by atoms with E-state index in [0.717, 1.165) is 0 Å². The van der Waals surface area contributed by atoms with Crippen LogP contribution < -0.4 is 4.90 Å². The van der Waals surface area contributed by atoms with Gasteiger partial charge in [-0.25, -0.2) is 9.69 Å². The summed E-state index contributed by atoms with van der Waals surface area (Å²) < 4.78 is 5.09. The molecule has 1 saturated heterocycles. The minimum atomic E-state index is -0.840. The zero-order valence-electron chi connectivity index (χ0n) is 8.65. The lowest BCUT2D eigenvalue weighted by molar-refractivity contribution is 0.110. The lowest BCUT2D eigenvalue weighted by atomic mass is 10.1. The Kier molecular flexibility index (Phi) is 2.00. The van der Waals surface area contributed by atoms with Crippen molar-refractivity contribution >= 4 is 17.6 Å². The molecule has 4 heteroatoms. The predicted molar refractivity (Wildman–Crippen MR) is 57.2 cm³/mol. The van der Waals surface area contributed by atoms with Crippen molar-refractivity contribution in [2.75, 3.05) is 4.90 Å². The van der Waals surface area contributed by atoms with Crippen LogP contribution in [-0.2, 0) is 4.74 Å². The van der Waals surface area contributed by atoms with Crippen molar-refractivity contribution in [3.63, 3.8) is 0 Å². The first kappa shape index (κ1) is 9.71. The van der Waals surface area contributed by atoms with Gasteiger partial charge in [0, 0.05) is 0 Å². The highest BCUT2D eigenvalue weighted by atomic mass is 16.6. The maximum atomic E-state index is 11.6. The zero-order chi connectivity index (χ0) is 11.1. The molecule has 1 fully saturated rings. The molecule has 1 heterocycles. The Balaban J connectivity index is 2.40. The maximum absolute atomic E-state index is 11.6. The van der Waals surface area contributed by atoms with Gasteiger partial charge >= 0.3 is 6.09 Å². The molecule has 15 heavy (non-hydrogen) atoms. The van der Waals surface area contributed by atoms with E-state index in [9.17, 15) is 4.79 Å². The van der Waals surface area contributed by atoms with Crippen LogP contribution in [0, 0.1) is 5.41 Å². The second kappa shape index (κ2) is 3.08. The molecule has 1 aliphatic rings. The minimum Gasteiger partial charge on any atom is -0.435 e. The van der Waals surface area contributed by atoms with E-state index in [2.05, 4.69) is 0 Å². The molecule has 4 nitrogen and oxygen atoms in total. The second-order valence-corrected chi connectivity index (χ2v) is 3.90. The van der Waals surface area contributed by atoms with Crippen molar-refractivity contribution in [3.8, 4) is 0 Å². The highest BCUT2D eigenvalue weighted by molar-refractivity contribution is 6.20. The van der Waals surface area contributed by atoms with Gasteiger partial charge in [-0.05, 0) is 26.0 Å². The van der Waals surface area contributed by atoms with Crippen LogP contribution in [0.2, 0.25) is 0 Å². The maximum Gasteiger partial charge on any atom is 0.421 e. The molecule has 1 N–H and O–H groups in total. The van der Waals surface area contributed by atoms with Gasteiger partial charge in [0.15, 0.2) is 11.4 Å². The van der Waals surface area contributed by atoms with E-state index in [1.807, 2.05) is 18.2 Å². The molecule has 0 spiro atoms. The topological polar surface area (TPSA) is 53.4 Å². The summed E-state index contributed by atoms with van der Waals surface area (Å²) in [6.07, 6.45) is -0.490. The molecular weight excluding hydrogens is 192 g/mol. The highest BCUT2D eigenvalue weighted by Gasteiger charge is 2.44.